The van der Waals surface area contributed by atoms with E-state index in [0.717, 1.165) is 46.9 Å². The van der Waals surface area contributed by atoms with E-state index in [1.54, 1.807) is 6.07 Å². The molecule has 1 fully saturated rings. The third kappa shape index (κ3) is 2.42. The molecule has 112 valence electrons. The van der Waals surface area contributed by atoms with Crippen LogP contribution in [0.1, 0.15) is 24.8 Å². The molecule has 22 heavy (non-hydrogen) atoms. The fourth-order valence-electron chi connectivity index (χ4n) is 3.45. The van der Waals surface area contributed by atoms with Crippen molar-refractivity contribution in [2.75, 3.05) is 13.1 Å². The van der Waals surface area contributed by atoms with Crippen LogP contribution in [-0.4, -0.2) is 18.0 Å². The number of fused-ring (bicyclic) bond motifs is 3. The van der Waals surface area contributed by atoms with E-state index in [2.05, 4.69) is 17.0 Å². The third-order valence-corrected chi connectivity index (χ3v) is 4.56. The monoisotopic (exact) mass is 293 g/mol. The molecule has 1 aliphatic rings. The van der Waals surface area contributed by atoms with Gasteiger partial charge in [-0.25, -0.2) is 4.79 Å². The zero-order valence-electron chi connectivity index (χ0n) is 12.5. The maximum absolute atomic E-state index is 12.0. The molecule has 0 saturated carbocycles. The van der Waals surface area contributed by atoms with E-state index in [0.29, 0.717) is 0 Å². The highest BCUT2D eigenvalue weighted by Gasteiger charge is 2.14. The lowest BCUT2D eigenvalue weighted by Gasteiger charge is -2.26. The van der Waals surface area contributed by atoms with Gasteiger partial charge in [-0.15, -0.1) is 0 Å². The van der Waals surface area contributed by atoms with Gasteiger partial charge in [0, 0.05) is 23.4 Å². The molecule has 1 aromatic heterocycles. The van der Waals surface area contributed by atoms with Crippen LogP contribution >= 0.6 is 0 Å². The van der Waals surface area contributed by atoms with Gasteiger partial charge in [-0.1, -0.05) is 42.8 Å². The van der Waals surface area contributed by atoms with Crippen LogP contribution in [0.5, 0.6) is 0 Å². The molecule has 2 aromatic carbocycles. The molecule has 3 aromatic rings. The molecular formula is C19H19NO2. The van der Waals surface area contributed by atoms with Gasteiger partial charge >= 0.3 is 5.63 Å². The van der Waals surface area contributed by atoms with Crippen LogP contribution in [-0.2, 0) is 6.54 Å². The Labute approximate surface area is 129 Å². The van der Waals surface area contributed by atoms with Crippen LogP contribution in [0.4, 0.5) is 0 Å². The van der Waals surface area contributed by atoms with Crippen LogP contribution < -0.4 is 5.63 Å². The van der Waals surface area contributed by atoms with E-state index in [-0.39, 0.29) is 5.63 Å². The van der Waals surface area contributed by atoms with Gasteiger partial charge in [0.1, 0.15) is 5.58 Å². The summed E-state index contributed by atoms with van der Waals surface area (Å²) in [5.41, 5.74) is 1.55. The van der Waals surface area contributed by atoms with Gasteiger partial charge in [-0.3, -0.25) is 4.90 Å². The lowest BCUT2D eigenvalue weighted by atomic mass is 10.0. The average molecular weight is 293 g/mol. The third-order valence-electron chi connectivity index (χ3n) is 4.56. The second-order valence-corrected chi connectivity index (χ2v) is 6.09. The Morgan fingerprint density at radius 1 is 0.955 bits per heavy atom. The van der Waals surface area contributed by atoms with Gasteiger partial charge < -0.3 is 4.42 Å². The Morgan fingerprint density at radius 3 is 2.64 bits per heavy atom. The minimum atomic E-state index is -0.254. The number of piperidine rings is 1. The number of likely N-dealkylation sites (tertiary alicyclic amines) is 1. The van der Waals surface area contributed by atoms with E-state index in [1.807, 2.05) is 24.3 Å². The summed E-state index contributed by atoms with van der Waals surface area (Å²) in [6.45, 7) is 3.07. The van der Waals surface area contributed by atoms with Crippen molar-refractivity contribution < 1.29 is 4.42 Å². The summed E-state index contributed by atoms with van der Waals surface area (Å²) in [5, 5.41) is 3.18. The predicted molar refractivity (Wildman–Crippen MR) is 89.1 cm³/mol. The van der Waals surface area contributed by atoms with Crippen molar-refractivity contribution >= 4 is 21.7 Å². The first kappa shape index (κ1) is 13.5. The zero-order valence-corrected chi connectivity index (χ0v) is 12.5. The molecule has 0 bridgehead atoms. The Balaban J connectivity index is 1.87. The Kier molecular flexibility index (Phi) is 3.43. The Bertz CT molecular complexity index is 875. The fourth-order valence-corrected chi connectivity index (χ4v) is 3.45. The topological polar surface area (TPSA) is 33.5 Å². The second kappa shape index (κ2) is 5.58. The maximum Gasteiger partial charge on any atom is 0.336 e. The van der Waals surface area contributed by atoms with Crippen molar-refractivity contribution in [1.82, 2.24) is 4.90 Å². The van der Waals surface area contributed by atoms with E-state index >= 15 is 0 Å². The molecule has 0 amide bonds. The number of rotatable bonds is 2. The molecule has 1 saturated heterocycles. The van der Waals surface area contributed by atoms with Gasteiger partial charge in [-0.2, -0.15) is 0 Å². The van der Waals surface area contributed by atoms with E-state index in [1.165, 1.54) is 19.3 Å². The first-order chi connectivity index (χ1) is 10.8. The number of hydrogen-bond acceptors (Lipinski definition) is 3. The molecule has 3 heteroatoms. The van der Waals surface area contributed by atoms with Crippen molar-refractivity contribution in [3.05, 3.63) is 58.4 Å². The number of nitrogens with zero attached hydrogens (tertiary/aromatic N) is 1. The quantitative estimate of drug-likeness (QED) is 0.530. The first-order valence-electron chi connectivity index (χ1n) is 7.98. The summed E-state index contributed by atoms with van der Waals surface area (Å²) in [4.78, 5) is 14.4. The van der Waals surface area contributed by atoms with Gasteiger partial charge in [-0.05, 0) is 36.9 Å². The molecule has 0 spiro atoms. The standard InChI is InChI=1S/C19H19NO2/c21-18-12-15(13-20-10-4-1-5-11-20)17-9-8-14-6-2-3-7-16(14)19(17)22-18/h2-3,6-9,12H,1,4-5,10-11,13H2. The van der Waals surface area contributed by atoms with Crippen molar-refractivity contribution in [3.63, 3.8) is 0 Å². The second-order valence-electron chi connectivity index (χ2n) is 6.09. The summed E-state index contributed by atoms with van der Waals surface area (Å²) >= 11 is 0. The largest absolute Gasteiger partial charge is 0.422 e. The summed E-state index contributed by atoms with van der Waals surface area (Å²) < 4.78 is 5.53. The van der Waals surface area contributed by atoms with Crippen LogP contribution in [0.2, 0.25) is 0 Å². The summed E-state index contributed by atoms with van der Waals surface area (Å²) in [6.07, 6.45) is 3.82. The van der Waals surface area contributed by atoms with Crippen molar-refractivity contribution in [2.45, 2.75) is 25.8 Å². The van der Waals surface area contributed by atoms with Gasteiger partial charge in [0.25, 0.3) is 0 Å². The van der Waals surface area contributed by atoms with Crippen LogP contribution in [0, 0.1) is 0 Å². The van der Waals surface area contributed by atoms with Crippen molar-refractivity contribution in [2.24, 2.45) is 0 Å². The SMILES string of the molecule is O=c1cc(CN2CCCCC2)c2ccc3ccccc3c2o1. The number of hydrogen-bond donors (Lipinski definition) is 0. The molecule has 1 aliphatic heterocycles. The lowest BCUT2D eigenvalue weighted by Crippen LogP contribution is -2.29. The molecule has 2 heterocycles. The minimum absolute atomic E-state index is 0.254. The van der Waals surface area contributed by atoms with Crippen molar-refractivity contribution in [3.8, 4) is 0 Å². The van der Waals surface area contributed by atoms with Crippen LogP contribution in [0.15, 0.2) is 51.7 Å². The summed E-state index contributed by atoms with van der Waals surface area (Å²) in [6, 6.07) is 13.9. The molecular weight excluding hydrogens is 274 g/mol. The normalized spacial score (nSPS) is 16.4. The Morgan fingerprint density at radius 2 is 1.77 bits per heavy atom. The number of benzene rings is 2. The minimum Gasteiger partial charge on any atom is -0.422 e. The van der Waals surface area contributed by atoms with E-state index in [4.69, 9.17) is 4.42 Å². The average Bonchev–Trinajstić information content (AvgIpc) is 2.55. The van der Waals surface area contributed by atoms with Crippen molar-refractivity contribution in [1.29, 1.82) is 0 Å². The van der Waals surface area contributed by atoms with Gasteiger partial charge in [0.15, 0.2) is 0 Å². The highest BCUT2D eigenvalue weighted by Crippen LogP contribution is 2.27. The molecule has 0 atom stereocenters. The summed E-state index contributed by atoms with van der Waals surface area (Å²) in [7, 11) is 0. The van der Waals surface area contributed by atoms with Crippen LogP contribution in [0.3, 0.4) is 0 Å². The maximum atomic E-state index is 12.0. The van der Waals surface area contributed by atoms with Gasteiger partial charge in [0.05, 0.1) is 0 Å². The van der Waals surface area contributed by atoms with E-state index < -0.39 is 0 Å². The van der Waals surface area contributed by atoms with Gasteiger partial charge in [0.2, 0.25) is 0 Å². The molecule has 0 aliphatic carbocycles. The smallest absolute Gasteiger partial charge is 0.336 e. The summed E-state index contributed by atoms with van der Waals surface area (Å²) in [5.74, 6) is 0. The predicted octanol–water partition coefficient (Wildman–Crippen LogP) is 3.93. The molecule has 0 unspecified atom stereocenters. The highest BCUT2D eigenvalue weighted by atomic mass is 16.4. The highest BCUT2D eigenvalue weighted by molar-refractivity contribution is 6.04. The first-order valence-corrected chi connectivity index (χ1v) is 7.98. The zero-order chi connectivity index (χ0) is 14.9. The Hall–Kier alpha value is -2.13. The lowest BCUT2D eigenvalue weighted by molar-refractivity contribution is 0.221. The molecule has 4 rings (SSSR count). The molecule has 0 N–H and O–H groups in total. The molecule has 0 radical (unpaired) electrons. The fraction of sp³-hybridized carbons (Fsp3) is 0.316. The van der Waals surface area contributed by atoms with Crippen LogP contribution in [0.25, 0.3) is 21.7 Å². The molecule has 3 nitrogen and oxygen atoms in total. The van der Waals surface area contributed by atoms with E-state index in [9.17, 15) is 4.79 Å².